The first-order valence-electron chi connectivity index (χ1n) is 14.5. The lowest BCUT2D eigenvalue weighted by Crippen LogP contribution is -2.17. The van der Waals surface area contributed by atoms with E-state index in [2.05, 4.69) is 98.8 Å². The molecule has 6 aromatic rings. The van der Waals surface area contributed by atoms with E-state index in [1.165, 1.54) is 33.4 Å². The molecule has 7 rings (SSSR count). The molecule has 2 atom stereocenters. The molecule has 0 amide bonds. The Morgan fingerprint density at radius 2 is 0.705 bits per heavy atom. The minimum atomic E-state index is 0.0943. The summed E-state index contributed by atoms with van der Waals surface area (Å²) in [7, 11) is 0. The van der Waals surface area contributed by atoms with Gasteiger partial charge in [0, 0.05) is 10.5 Å². The molecule has 0 saturated heterocycles. The van der Waals surface area contributed by atoms with E-state index in [0.29, 0.717) is 20.1 Å². The van der Waals surface area contributed by atoms with E-state index < -0.39 is 0 Å². The van der Waals surface area contributed by atoms with Gasteiger partial charge in [-0.05, 0) is 117 Å². The summed E-state index contributed by atoms with van der Waals surface area (Å²) in [5.41, 5.74) is 7.87. The molecule has 6 aromatic carbocycles. The molecule has 0 saturated carbocycles. The molecule has 0 fully saturated rings. The highest BCUT2D eigenvalue weighted by atomic mass is 35.5. The van der Waals surface area contributed by atoms with Crippen LogP contribution in [0, 0.1) is 0 Å². The zero-order valence-electron chi connectivity index (χ0n) is 24.0. The van der Waals surface area contributed by atoms with Gasteiger partial charge in [-0.15, -0.1) is 23.5 Å². The number of hydrogen-bond acceptors (Lipinski definition) is 2. The largest absolute Gasteiger partial charge is 0.141 e. The topological polar surface area (TPSA) is 0 Å². The summed E-state index contributed by atoms with van der Waals surface area (Å²) < 4.78 is 0. The van der Waals surface area contributed by atoms with Gasteiger partial charge in [-0.3, -0.25) is 0 Å². The SMILES string of the molecule is CC(SC1c2cc3cc(Cl)c(Cl)cc3cc2C(SC(C)c2ccccc2)c2cc3cc(Cl)c(Cl)cc3cc21)c1ccccc1. The van der Waals surface area contributed by atoms with Crippen molar-refractivity contribution in [2.75, 3.05) is 0 Å². The highest BCUT2D eigenvalue weighted by Crippen LogP contribution is 2.58. The molecule has 0 aromatic heterocycles. The van der Waals surface area contributed by atoms with Crippen LogP contribution in [-0.4, -0.2) is 0 Å². The Morgan fingerprint density at radius 3 is 0.977 bits per heavy atom. The molecule has 220 valence electrons. The zero-order valence-corrected chi connectivity index (χ0v) is 28.7. The van der Waals surface area contributed by atoms with Crippen LogP contribution < -0.4 is 0 Å². The van der Waals surface area contributed by atoms with E-state index in [0.717, 1.165) is 21.5 Å². The van der Waals surface area contributed by atoms with Gasteiger partial charge in [0.15, 0.2) is 0 Å². The van der Waals surface area contributed by atoms with Gasteiger partial charge in [0.1, 0.15) is 0 Å². The number of hydrogen-bond donors (Lipinski definition) is 0. The third-order valence-corrected chi connectivity index (χ3v) is 12.9. The number of rotatable bonds is 6. The molecular formula is C38H28Cl4S2. The minimum Gasteiger partial charge on any atom is -0.141 e. The zero-order chi connectivity index (χ0) is 30.5. The molecule has 0 N–H and O–H groups in total. The summed E-state index contributed by atoms with van der Waals surface area (Å²) in [6.45, 7) is 4.60. The van der Waals surface area contributed by atoms with E-state index in [1.54, 1.807) is 0 Å². The first kappa shape index (κ1) is 30.4. The first-order valence-corrected chi connectivity index (χ1v) is 17.9. The second-order valence-corrected chi connectivity index (χ2v) is 15.9. The van der Waals surface area contributed by atoms with Gasteiger partial charge in [-0.2, -0.15) is 0 Å². The average molecular weight is 691 g/mol. The van der Waals surface area contributed by atoms with Gasteiger partial charge < -0.3 is 0 Å². The van der Waals surface area contributed by atoms with Crippen molar-refractivity contribution in [2.24, 2.45) is 0 Å². The number of fused-ring (bicyclic) bond motifs is 4. The maximum absolute atomic E-state index is 6.55. The van der Waals surface area contributed by atoms with Gasteiger partial charge in [-0.1, -0.05) is 107 Å². The predicted molar refractivity (Wildman–Crippen MR) is 197 cm³/mol. The smallest absolute Gasteiger partial charge is 0.0598 e. The average Bonchev–Trinajstić information content (AvgIpc) is 3.03. The molecule has 0 nitrogen and oxygen atoms in total. The van der Waals surface area contributed by atoms with E-state index in [4.69, 9.17) is 46.4 Å². The lowest BCUT2D eigenvalue weighted by molar-refractivity contribution is 0.954. The Morgan fingerprint density at radius 1 is 0.432 bits per heavy atom. The fourth-order valence-electron chi connectivity index (χ4n) is 6.21. The van der Waals surface area contributed by atoms with Gasteiger partial charge in [0.25, 0.3) is 0 Å². The highest BCUT2D eigenvalue weighted by molar-refractivity contribution is 8.00. The molecule has 0 radical (unpaired) electrons. The van der Waals surface area contributed by atoms with Crippen LogP contribution in [-0.2, 0) is 0 Å². The van der Waals surface area contributed by atoms with Crippen molar-refractivity contribution in [3.63, 3.8) is 0 Å². The third kappa shape index (κ3) is 5.75. The van der Waals surface area contributed by atoms with Crippen molar-refractivity contribution in [3.05, 3.63) is 163 Å². The molecule has 0 bridgehead atoms. The van der Waals surface area contributed by atoms with Crippen molar-refractivity contribution in [1.82, 2.24) is 0 Å². The summed E-state index contributed by atoms with van der Waals surface area (Å²) in [4.78, 5) is 0. The normalized spacial score (nSPS) is 17.3. The molecule has 0 aliphatic heterocycles. The van der Waals surface area contributed by atoms with Crippen LogP contribution >= 0.6 is 69.9 Å². The maximum Gasteiger partial charge on any atom is 0.0598 e. The van der Waals surface area contributed by atoms with Crippen LogP contribution in [0.15, 0.2) is 109 Å². The summed E-state index contributed by atoms with van der Waals surface area (Å²) in [6, 6.07) is 38.8. The molecule has 44 heavy (non-hydrogen) atoms. The number of halogens is 4. The molecular weight excluding hydrogens is 662 g/mol. The van der Waals surface area contributed by atoms with Crippen molar-refractivity contribution < 1.29 is 0 Å². The van der Waals surface area contributed by atoms with Crippen LogP contribution in [0.4, 0.5) is 0 Å². The Hall–Kier alpha value is -2.30. The molecule has 0 spiro atoms. The fourth-order valence-corrected chi connectivity index (χ4v) is 9.75. The Balaban J connectivity index is 1.47. The van der Waals surface area contributed by atoms with E-state index in [9.17, 15) is 0 Å². The number of benzene rings is 6. The first-order chi connectivity index (χ1) is 21.3. The monoisotopic (exact) mass is 688 g/mol. The van der Waals surface area contributed by atoms with E-state index >= 15 is 0 Å². The fraction of sp³-hybridized carbons (Fsp3) is 0.158. The molecule has 6 heteroatoms. The van der Waals surface area contributed by atoms with Crippen LogP contribution in [0.3, 0.4) is 0 Å². The van der Waals surface area contributed by atoms with Crippen LogP contribution in [0.5, 0.6) is 0 Å². The van der Waals surface area contributed by atoms with Gasteiger partial charge in [-0.25, -0.2) is 0 Å². The van der Waals surface area contributed by atoms with Crippen molar-refractivity contribution in [3.8, 4) is 0 Å². The quantitative estimate of drug-likeness (QED) is 0.171. The third-order valence-electron chi connectivity index (χ3n) is 8.51. The molecule has 2 unspecified atom stereocenters. The Bertz CT molecular complexity index is 1770. The molecule has 0 heterocycles. The van der Waals surface area contributed by atoms with Crippen molar-refractivity contribution in [2.45, 2.75) is 34.8 Å². The summed E-state index contributed by atoms with van der Waals surface area (Å²) in [6.07, 6.45) is 0. The van der Waals surface area contributed by atoms with Crippen LogP contribution in [0.25, 0.3) is 21.5 Å². The van der Waals surface area contributed by atoms with Crippen molar-refractivity contribution in [1.29, 1.82) is 0 Å². The molecule has 1 aliphatic rings. The van der Waals surface area contributed by atoms with Gasteiger partial charge in [0.05, 0.1) is 30.6 Å². The van der Waals surface area contributed by atoms with E-state index in [-0.39, 0.29) is 21.0 Å². The predicted octanol–water partition coefficient (Wildman–Crippen LogP) is 14.1. The van der Waals surface area contributed by atoms with E-state index in [1.807, 2.05) is 47.8 Å². The van der Waals surface area contributed by atoms with Crippen LogP contribution in [0.1, 0.15) is 68.2 Å². The highest BCUT2D eigenvalue weighted by Gasteiger charge is 2.36. The lowest BCUT2D eigenvalue weighted by Gasteiger charge is -2.37. The summed E-state index contributed by atoms with van der Waals surface area (Å²) >= 11 is 30.1. The minimum absolute atomic E-state index is 0.0943. The maximum atomic E-state index is 6.55. The summed E-state index contributed by atoms with van der Waals surface area (Å²) in [5, 5.41) is 7.36. The van der Waals surface area contributed by atoms with Crippen molar-refractivity contribution >= 4 is 91.5 Å². The van der Waals surface area contributed by atoms with Gasteiger partial charge in [0.2, 0.25) is 0 Å². The Labute approximate surface area is 287 Å². The van der Waals surface area contributed by atoms with Gasteiger partial charge >= 0.3 is 0 Å². The van der Waals surface area contributed by atoms with Crippen LogP contribution in [0.2, 0.25) is 20.1 Å². The Kier molecular flexibility index (Phi) is 8.61. The lowest BCUT2D eigenvalue weighted by atomic mass is 9.82. The summed E-state index contributed by atoms with van der Waals surface area (Å²) in [5.74, 6) is 0. The standard InChI is InChI=1S/C38H28Cl4S2/c1-21(23-9-5-3-6-10-23)43-37-29-13-25-17-33(39)35(41)19-27(25)15-31(29)38(44-22(2)24-11-7-4-8-12-24)32-16-28-20-36(42)34(40)18-26(28)14-30(32)37/h3-22,37-38H,1-2H3. The molecule has 1 aliphatic carbocycles. The number of thioether (sulfide) groups is 2. The second-order valence-electron chi connectivity index (χ2n) is 11.3. The second kappa shape index (κ2) is 12.5.